The van der Waals surface area contributed by atoms with Gasteiger partial charge in [-0.2, -0.15) is 0 Å². The van der Waals surface area contributed by atoms with Gasteiger partial charge in [0.15, 0.2) is 0 Å². The summed E-state index contributed by atoms with van der Waals surface area (Å²) in [6.45, 7) is 2.42. The highest BCUT2D eigenvalue weighted by atomic mass is 16.6. The Morgan fingerprint density at radius 3 is 3.00 bits per heavy atom. The second-order valence-corrected chi connectivity index (χ2v) is 3.13. The van der Waals surface area contributed by atoms with Crippen LogP contribution in [0.2, 0.25) is 0 Å². The molecule has 3 atom stereocenters. The zero-order valence-corrected chi connectivity index (χ0v) is 7.90. The summed E-state index contributed by atoms with van der Waals surface area (Å²) >= 11 is 0. The summed E-state index contributed by atoms with van der Waals surface area (Å²) in [6.07, 6.45) is -0.892. The zero-order valence-electron chi connectivity index (χ0n) is 7.90. The summed E-state index contributed by atoms with van der Waals surface area (Å²) in [5, 5.41) is 12.7. The van der Waals surface area contributed by atoms with Crippen LogP contribution in [0.15, 0.2) is 0 Å². The van der Waals surface area contributed by atoms with Gasteiger partial charge in [0.1, 0.15) is 12.2 Å². The van der Waals surface area contributed by atoms with Crippen molar-refractivity contribution in [1.82, 2.24) is 5.32 Å². The first-order valence-corrected chi connectivity index (χ1v) is 4.53. The molecule has 5 heteroatoms. The topological polar surface area (TPSA) is 76.7 Å². The number of aliphatic hydroxyl groups excluding tert-OH is 1. The van der Waals surface area contributed by atoms with E-state index in [4.69, 9.17) is 15.2 Å². The average Bonchev–Trinajstić information content (AvgIpc) is 2.48. The number of nitrogens with one attached hydrogen (secondary N) is 1. The standard InChI is InChI=1S/C8H18N2O3/c1-12-7-5-13-6(8(7)11)4-10-3-2-9/h6-8,10-11H,2-5,9H2,1H3/t6-,7?,8?/m0/s1. The van der Waals surface area contributed by atoms with E-state index in [1.807, 2.05) is 0 Å². The summed E-state index contributed by atoms with van der Waals surface area (Å²) in [5.74, 6) is 0. The molecule has 0 saturated carbocycles. The minimum atomic E-state index is -0.532. The van der Waals surface area contributed by atoms with E-state index in [0.29, 0.717) is 19.7 Å². The van der Waals surface area contributed by atoms with E-state index in [0.717, 1.165) is 6.54 Å². The first-order valence-electron chi connectivity index (χ1n) is 4.53. The van der Waals surface area contributed by atoms with Gasteiger partial charge in [0.2, 0.25) is 0 Å². The molecule has 2 unspecified atom stereocenters. The molecule has 0 aromatic rings. The molecule has 0 bridgehead atoms. The summed E-state index contributed by atoms with van der Waals surface area (Å²) in [6, 6.07) is 0. The third kappa shape index (κ3) is 2.89. The van der Waals surface area contributed by atoms with Crippen molar-refractivity contribution in [3.63, 3.8) is 0 Å². The number of ether oxygens (including phenoxy) is 2. The minimum absolute atomic E-state index is 0.170. The first-order chi connectivity index (χ1) is 6.29. The van der Waals surface area contributed by atoms with Crippen LogP contribution < -0.4 is 11.1 Å². The van der Waals surface area contributed by atoms with Crippen LogP contribution in [0, 0.1) is 0 Å². The van der Waals surface area contributed by atoms with Gasteiger partial charge >= 0.3 is 0 Å². The van der Waals surface area contributed by atoms with Crippen molar-refractivity contribution in [2.45, 2.75) is 18.3 Å². The molecule has 1 aliphatic heterocycles. The summed E-state index contributed by atoms with van der Waals surface area (Å²) in [7, 11) is 1.58. The van der Waals surface area contributed by atoms with Gasteiger partial charge < -0.3 is 25.6 Å². The van der Waals surface area contributed by atoms with Crippen molar-refractivity contribution in [3.05, 3.63) is 0 Å². The SMILES string of the molecule is COC1CO[C@@H](CNCCN)C1O. The van der Waals surface area contributed by atoms with E-state index < -0.39 is 6.10 Å². The minimum Gasteiger partial charge on any atom is -0.388 e. The van der Waals surface area contributed by atoms with Crippen molar-refractivity contribution in [2.24, 2.45) is 5.73 Å². The van der Waals surface area contributed by atoms with Gasteiger partial charge in [0, 0.05) is 26.7 Å². The molecule has 1 aliphatic rings. The van der Waals surface area contributed by atoms with Crippen LogP contribution in [0.3, 0.4) is 0 Å². The van der Waals surface area contributed by atoms with Gasteiger partial charge in [-0.3, -0.25) is 0 Å². The van der Waals surface area contributed by atoms with Crippen molar-refractivity contribution in [1.29, 1.82) is 0 Å². The van der Waals surface area contributed by atoms with E-state index >= 15 is 0 Å². The number of nitrogens with two attached hydrogens (primary N) is 1. The molecule has 1 saturated heterocycles. The average molecular weight is 190 g/mol. The highest BCUT2D eigenvalue weighted by Crippen LogP contribution is 2.15. The Kier molecular flexibility index (Phi) is 4.61. The smallest absolute Gasteiger partial charge is 0.110 e. The van der Waals surface area contributed by atoms with Gasteiger partial charge in [-0.1, -0.05) is 0 Å². The van der Waals surface area contributed by atoms with Crippen LogP contribution in [0.1, 0.15) is 0 Å². The summed E-state index contributed by atoms with van der Waals surface area (Å²) in [4.78, 5) is 0. The fourth-order valence-electron chi connectivity index (χ4n) is 1.39. The summed E-state index contributed by atoms with van der Waals surface area (Å²) < 4.78 is 10.4. The third-order valence-corrected chi connectivity index (χ3v) is 2.21. The molecule has 4 N–H and O–H groups in total. The van der Waals surface area contributed by atoms with Gasteiger partial charge in [-0.05, 0) is 0 Å². The third-order valence-electron chi connectivity index (χ3n) is 2.21. The molecule has 78 valence electrons. The Bertz CT molecular complexity index is 145. The Labute approximate surface area is 78.2 Å². The van der Waals surface area contributed by atoms with E-state index in [1.54, 1.807) is 7.11 Å². The Hall–Kier alpha value is -0.200. The maximum absolute atomic E-state index is 9.63. The molecule has 0 amide bonds. The first kappa shape index (κ1) is 10.9. The molecule has 0 spiro atoms. The van der Waals surface area contributed by atoms with Gasteiger partial charge in [-0.25, -0.2) is 0 Å². The second-order valence-electron chi connectivity index (χ2n) is 3.13. The molecular weight excluding hydrogens is 172 g/mol. The van der Waals surface area contributed by atoms with E-state index in [9.17, 15) is 5.11 Å². The number of hydrogen-bond acceptors (Lipinski definition) is 5. The van der Waals surface area contributed by atoms with Gasteiger partial charge in [0.25, 0.3) is 0 Å². The van der Waals surface area contributed by atoms with Crippen molar-refractivity contribution in [2.75, 3.05) is 33.4 Å². The van der Waals surface area contributed by atoms with E-state index in [2.05, 4.69) is 5.32 Å². The molecule has 0 aromatic carbocycles. The molecule has 0 aromatic heterocycles. The number of methoxy groups -OCH3 is 1. The molecule has 1 fully saturated rings. The number of hydrogen-bond donors (Lipinski definition) is 3. The molecule has 1 heterocycles. The van der Waals surface area contributed by atoms with Crippen LogP contribution in [-0.2, 0) is 9.47 Å². The van der Waals surface area contributed by atoms with Crippen molar-refractivity contribution < 1.29 is 14.6 Å². The van der Waals surface area contributed by atoms with Crippen molar-refractivity contribution >= 4 is 0 Å². The largest absolute Gasteiger partial charge is 0.388 e. The van der Waals surface area contributed by atoms with Gasteiger partial charge in [-0.15, -0.1) is 0 Å². The van der Waals surface area contributed by atoms with Crippen molar-refractivity contribution in [3.8, 4) is 0 Å². The van der Waals surface area contributed by atoms with E-state index in [1.165, 1.54) is 0 Å². The molecule has 5 nitrogen and oxygen atoms in total. The predicted molar refractivity (Wildman–Crippen MR) is 48.5 cm³/mol. The predicted octanol–water partition coefficient (Wildman–Crippen LogP) is -1.69. The molecular formula is C8H18N2O3. The number of rotatable bonds is 5. The normalized spacial score (nSPS) is 33.9. The summed E-state index contributed by atoms with van der Waals surface area (Å²) in [5.41, 5.74) is 5.31. The lowest BCUT2D eigenvalue weighted by molar-refractivity contribution is 0.00529. The Balaban J connectivity index is 2.20. The lowest BCUT2D eigenvalue weighted by Gasteiger charge is -2.16. The van der Waals surface area contributed by atoms with Crippen LogP contribution in [-0.4, -0.2) is 56.8 Å². The maximum Gasteiger partial charge on any atom is 0.110 e. The molecule has 1 rings (SSSR count). The Morgan fingerprint density at radius 1 is 1.69 bits per heavy atom. The lowest BCUT2D eigenvalue weighted by atomic mass is 10.1. The van der Waals surface area contributed by atoms with Crippen LogP contribution >= 0.6 is 0 Å². The Morgan fingerprint density at radius 2 is 2.46 bits per heavy atom. The monoisotopic (exact) mass is 190 g/mol. The van der Waals surface area contributed by atoms with Crippen LogP contribution in [0.5, 0.6) is 0 Å². The highest BCUT2D eigenvalue weighted by molar-refractivity contribution is 4.85. The van der Waals surface area contributed by atoms with Crippen LogP contribution in [0.4, 0.5) is 0 Å². The second kappa shape index (κ2) is 5.51. The molecule has 0 radical (unpaired) electrons. The highest BCUT2D eigenvalue weighted by Gasteiger charge is 2.35. The maximum atomic E-state index is 9.63. The lowest BCUT2D eigenvalue weighted by Crippen LogP contribution is -2.39. The quantitative estimate of drug-likeness (QED) is 0.451. The fraction of sp³-hybridized carbons (Fsp3) is 1.00. The zero-order chi connectivity index (χ0) is 9.68. The molecule has 13 heavy (non-hydrogen) atoms. The van der Waals surface area contributed by atoms with Gasteiger partial charge in [0.05, 0.1) is 12.7 Å². The van der Waals surface area contributed by atoms with Crippen LogP contribution in [0.25, 0.3) is 0 Å². The number of aliphatic hydroxyl groups is 1. The van der Waals surface area contributed by atoms with E-state index in [-0.39, 0.29) is 12.2 Å². The fourth-order valence-corrected chi connectivity index (χ4v) is 1.39. The molecule has 0 aliphatic carbocycles.